The minimum absolute atomic E-state index is 0.0989. The van der Waals surface area contributed by atoms with Crippen LogP contribution in [0.15, 0.2) is 60.7 Å². The van der Waals surface area contributed by atoms with Crippen LogP contribution in [0.3, 0.4) is 0 Å². The van der Waals surface area contributed by atoms with Crippen molar-refractivity contribution in [3.63, 3.8) is 0 Å². The average molecular weight is 309 g/mol. The molecule has 0 aromatic heterocycles. The van der Waals surface area contributed by atoms with Crippen molar-refractivity contribution in [2.24, 2.45) is 0 Å². The molecule has 0 radical (unpaired) electrons. The topological polar surface area (TPSA) is 55.4 Å². The molecule has 0 saturated carbocycles. The summed E-state index contributed by atoms with van der Waals surface area (Å²) in [6.45, 7) is 1.60. The highest BCUT2D eigenvalue weighted by molar-refractivity contribution is 5.88. The van der Waals surface area contributed by atoms with Crippen molar-refractivity contribution < 1.29 is 4.79 Å². The Bertz CT molecular complexity index is 637. The van der Waals surface area contributed by atoms with E-state index in [1.54, 1.807) is 0 Å². The van der Waals surface area contributed by atoms with E-state index in [1.807, 2.05) is 60.7 Å². The molecule has 1 amide bonds. The minimum Gasteiger partial charge on any atom is -0.756 e. The fraction of sp³-hybridized carbons (Fsp3) is 0.316. The van der Waals surface area contributed by atoms with Crippen LogP contribution in [0, 0.1) is 5.21 Å². The van der Waals surface area contributed by atoms with Gasteiger partial charge in [0, 0.05) is 6.54 Å². The van der Waals surface area contributed by atoms with Crippen LogP contribution in [0.2, 0.25) is 0 Å². The Labute approximate surface area is 136 Å². The SMILES string of the molecule is O=C(N([O-])Cc1ccccc1)C1(c2ccccc2)CCNCC1. The van der Waals surface area contributed by atoms with Gasteiger partial charge in [-0.3, -0.25) is 4.79 Å². The summed E-state index contributed by atoms with van der Waals surface area (Å²) in [5, 5.41) is 16.4. The molecule has 1 N–H and O–H groups in total. The zero-order valence-electron chi connectivity index (χ0n) is 13.1. The van der Waals surface area contributed by atoms with E-state index in [0.717, 1.165) is 24.2 Å². The Morgan fingerprint density at radius 1 is 1.00 bits per heavy atom. The minimum atomic E-state index is -0.705. The van der Waals surface area contributed by atoms with Crippen molar-refractivity contribution in [1.29, 1.82) is 0 Å². The van der Waals surface area contributed by atoms with Crippen molar-refractivity contribution >= 4 is 5.91 Å². The number of carbonyl (C=O) groups is 1. The second-order valence-electron chi connectivity index (χ2n) is 6.03. The number of piperidine rings is 1. The lowest BCUT2D eigenvalue weighted by atomic mass is 9.72. The number of hydrogen-bond donors (Lipinski definition) is 1. The average Bonchev–Trinajstić information content (AvgIpc) is 2.63. The van der Waals surface area contributed by atoms with Gasteiger partial charge < -0.3 is 15.6 Å². The Kier molecular flexibility index (Phi) is 4.74. The molecule has 0 unspecified atom stereocenters. The third kappa shape index (κ3) is 3.28. The quantitative estimate of drug-likeness (QED) is 0.884. The maximum absolute atomic E-state index is 13.0. The maximum atomic E-state index is 13.0. The molecular weight excluding hydrogens is 288 g/mol. The monoisotopic (exact) mass is 309 g/mol. The summed E-state index contributed by atoms with van der Waals surface area (Å²) < 4.78 is 0. The van der Waals surface area contributed by atoms with Gasteiger partial charge >= 0.3 is 0 Å². The number of nitrogens with zero attached hydrogens (tertiary/aromatic N) is 1. The van der Waals surface area contributed by atoms with Crippen LogP contribution in [0.4, 0.5) is 0 Å². The predicted octanol–water partition coefficient (Wildman–Crippen LogP) is 2.83. The molecule has 1 fully saturated rings. The molecule has 1 saturated heterocycles. The fourth-order valence-corrected chi connectivity index (χ4v) is 3.30. The molecule has 120 valence electrons. The van der Waals surface area contributed by atoms with Gasteiger partial charge in [-0.25, -0.2) is 0 Å². The molecule has 0 aliphatic carbocycles. The summed E-state index contributed by atoms with van der Waals surface area (Å²) in [4.78, 5) is 13.0. The van der Waals surface area contributed by atoms with Gasteiger partial charge in [0.25, 0.3) is 0 Å². The normalized spacial score (nSPS) is 16.7. The fourth-order valence-electron chi connectivity index (χ4n) is 3.30. The van der Waals surface area contributed by atoms with Gasteiger partial charge in [0.15, 0.2) is 0 Å². The van der Waals surface area contributed by atoms with E-state index in [9.17, 15) is 10.0 Å². The largest absolute Gasteiger partial charge is 0.756 e. The summed E-state index contributed by atoms with van der Waals surface area (Å²) in [5.41, 5.74) is 1.09. The van der Waals surface area contributed by atoms with Gasteiger partial charge in [0.1, 0.15) is 0 Å². The van der Waals surface area contributed by atoms with Crippen molar-refractivity contribution in [1.82, 2.24) is 10.4 Å². The lowest BCUT2D eigenvalue weighted by Gasteiger charge is -2.43. The van der Waals surface area contributed by atoms with Crippen LogP contribution in [0.1, 0.15) is 24.0 Å². The predicted molar refractivity (Wildman–Crippen MR) is 90.6 cm³/mol. The van der Waals surface area contributed by atoms with Gasteiger partial charge in [-0.1, -0.05) is 60.7 Å². The van der Waals surface area contributed by atoms with Gasteiger partial charge in [-0.05, 0) is 37.1 Å². The van der Waals surface area contributed by atoms with Crippen molar-refractivity contribution in [2.75, 3.05) is 13.1 Å². The lowest BCUT2D eigenvalue weighted by molar-refractivity contribution is -0.136. The second kappa shape index (κ2) is 6.94. The van der Waals surface area contributed by atoms with Crippen LogP contribution >= 0.6 is 0 Å². The van der Waals surface area contributed by atoms with E-state index in [4.69, 9.17) is 0 Å². The third-order valence-corrected chi connectivity index (χ3v) is 4.59. The van der Waals surface area contributed by atoms with E-state index in [1.165, 1.54) is 0 Å². The highest BCUT2D eigenvalue weighted by Crippen LogP contribution is 2.35. The highest BCUT2D eigenvalue weighted by atomic mass is 16.5. The molecular formula is C19H21N2O2-. The molecule has 4 heteroatoms. The van der Waals surface area contributed by atoms with Crippen LogP contribution in [0.5, 0.6) is 0 Å². The molecule has 1 aliphatic rings. The first-order valence-electron chi connectivity index (χ1n) is 8.02. The molecule has 4 nitrogen and oxygen atoms in total. The molecule has 0 bridgehead atoms. The molecule has 23 heavy (non-hydrogen) atoms. The Balaban J connectivity index is 1.86. The first kappa shape index (κ1) is 15.7. The number of nitrogens with one attached hydrogen (secondary N) is 1. The number of rotatable bonds is 4. The molecule has 3 rings (SSSR count). The number of hydroxylamine groups is 2. The first-order chi connectivity index (χ1) is 11.2. The lowest BCUT2D eigenvalue weighted by Crippen LogP contribution is -2.50. The molecule has 0 atom stereocenters. The van der Waals surface area contributed by atoms with Crippen molar-refractivity contribution in [3.8, 4) is 0 Å². The van der Waals surface area contributed by atoms with Gasteiger partial charge in [-0.15, -0.1) is 0 Å². The summed E-state index contributed by atoms with van der Waals surface area (Å²) in [5.74, 6) is -0.325. The highest BCUT2D eigenvalue weighted by Gasteiger charge is 2.41. The molecule has 2 aromatic carbocycles. The number of hydrogen-bond acceptors (Lipinski definition) is 3. The van der Waals surface area contributed by atoms with Crippen LogP contribution in [-0.2, 0) is 16.8 Å². The van der Waals surface area contributed by atoms with Crippen LogP contribution < -0.4 is 5.32 Å². The Morgan fingerprint density at radius 2 is 1.57 bits per heavy atom. The second-order valence-corrected chi connectivity index (χ2v) is 6.03. The van der Waals surface area contributed by atoms with E-state index in [-0.39, 0.29) is 12.5 Å². The zero-order valence-corrected chi connectivity index (χ0v) is 13.1. The molecule has 0 spiro atoms. The summed E-state index contributed by atoms with van der Waals surface area (Å²) in [6.07, 6.45) is 1.31. The Hall–Kier alpha value is -2.17. The van der Waals surface area contributed by atoms with E-state index in [0.29, 0.717) is 17.9 Å². The van der Waals surface area contributed by atoms with Gasteiger partial charge in [0.2, 0.25) is 5.91 Å². The van der Waals surface area contributed by atoms with Crippen LogP contribution in [0.25, 0.3) is 0 Å². The third-order valence-electron chi connectivity index (χ3n) is 4.59. The van der Waals surface area contributed by atoms with Gasteiger partial charge in [-0.2, -0.15) is 0 Å². The van der Waals surface area contributed by atoms with E-state index in [2.05, 4.69) is 5.32 Å². The molecule has 2 aromatic rings. The molecule has 1 aliphatic heterocycles. The number of carbonyl (C=O) groups excluding carboxylic acids is 1. The van der Waals surface area contributed by atoms with Gasteiger partial charge in [0.05, 0.1) is 5.41 Å². The van der Waals surface area contributed by atoms with E-state index < -0.39 is 5.41 Å². The first-order valence-corrected chi connectivity index (χ1v) is 8.02. The van der Waals surface area contributed by atoms with E-state index >= 15 is 0 Å². The smallest absolute Gasteiger partial charge is 0.223 e. The zero-order chi connectivity index (χ0) is 16.1. The summed E-state index contributed by atoms with van der Waals surface area (Å²) in [6, 6.07) is 19.1. The standard InChI is InChI=1S/C19H21N2O2/c22-18(21(23)15-16-7-3-1-4-8-16)19(11-13-20-14-12-19)17-9-5-2-6-10-17/h1-10,20H,11-15H2/q-1. The molecule has 1 heterocycles. The van der Waals surface area contributed by atoms with Crippen molar-refractivity contribution in [3.05, 3.63) is 77.0 Å². The van der Waals surface area contributed by atoms with Crippen molar-refractivity contribution in [2.45, 2.75) is 24.8 Å². The van der Waals surface area contributed by atoms with Crippen LogP contribution in [-0.4, -0.2) is 24.1 Å². The maximum Gasteiger partial charge on any atom is 0.223 e. The summed E-state index contributed by atoms with van der Waals surface area (Å²) in [7, 11) is 0. The Morgan fingerprint density at radius 3 is 2.17 bits per heavy atom. The summed E-state index contributed by atoms with van der Waals surface area (Å²) >= 11 is 0. The number of amides is 1. The number of benzene rings is 2.